The van der Waals surface area contributed by atoms with Gasteiger partial charge in [0, 0.05) is 47.0 Å². The van der Waals surface area contributed by atoms with E-state index < -0.39 is 0 Å². The van der Waals surface area contributed by atoms with Gasteiger partial charge in [0.05, 0.1) is 5.69 Å². The third-order valence-electron chi connectivity index (χ3n) is 4.51. The predicted molar refractivity (Wildman–Crippen MR) is 92.7 cm³/mol. The minimum atomic E-state index is 0.357. The van der Waals surface area contributed by atoms with Crippen LogP contribution in [0.5, 0.6) is 0 Å². The van der Waals surface area contributed by atoms with Crippen molar-refractivity contribution < 1.29 is 0 Å². The van der Waals surface area contributed by atoms with E-state index in [-0.39, 0.29) is 0 Å². The van der Waals surface area contributed by atoms with Gasteiger partial charge >= 0.3 is 0 Å². The van der Waals surface area contributed by atoms with E-state index in [0.29, 0.717) is 4.75 Å². The van der Waals surface area contributed by atoms with Crippen molar-refractivity contribution in [1.29, 1.82) is 0 Å². The van der Waals surface area contributed by atoms with E-state index in [1.54, 1.807) is 0 Å². The molecule has 0 unspecified atom stereocenters. The van der Waals surface area contributed by atoms with Gasteiger partial charge in [-0.15, -0.1) is 11.3 Å². The molecule has 0 radical (unpaired) electrons. The Morgan fingerprint density at radius 3 is 2.76 bits per heavy atom. The van der Waals surface area contributed by atoms with E-state index in [1.165, 1.54) is 47.1 Å². The van der Waals surface area contributed by atoms with E-state index in [0.717, 1.165) is 31.6 Å². The summed E-state index contributed by atoms with van der Waals surface area (Å²) in [5.74, 6) is 1.99. The summed E-state index contributed by atoms with van der Waals surface area (Å²) in [6.07, 6.45) is 5.42. The third kappa shape index (κ3) is 3.40. The number of hydrogen-bond acceptors (Lipinski definition) is 5. The molecule has 1 aliphatic heterocycles. The van der Waals surface area contributed by atoms with Crippen molar-refractivity contribution in [2.45, 2.75) is 62.8 Å². The molecule has 21 heavy (non-hydrogen) atoms. The molecule has 2 heterocycles. The fourth-order valence-corrected chi connectivity index (χ4v) is 5.23. The van der Waals surface area contributed by atoms with E-state index in [9.17, 15) is 0 Å². The molecule has 5 heteroatoms. The van der Waals surface area contributed by atoms with E-state index in [2.05, 4.69) is 35.8 Å². The van der Waals surface area contributed by atoms with Crippen LogP contribution in [0.4, 0.5) is 5.13 Å². The summed E-state index contributed by atoms with van der Waals surface area (Å²) in [7, 11) is 0. The topological polar surface area (TPSA) is 28.2 Å². The largest absolute Gasteiger partial charge is 0.346 e. The van der Waals surface area contributed by atoms with Crippen molar-refractivity contribution in [3.05, 3.63) is 10.6 Å². The maximum Gasteiger partial charge on any atom is 0.185 e. The average Bonchev–Trinajstić information content (AvgIpc) is 3.34. The Kier molecular flexibility index (Phi) is 3.71. The number of anilines is 1. The van der Waals surface area contributed by atoms with Gasteiger partial charge in [-0.25, -0.2) is 4.98 Å². The Morgan fingerprint density at radius 1 is 1.29 bits per heavy atom. The van der Waals surface area contributed by atoms with Gasteiger partial charge in [0.15, 0.2) is 5.13 Å². The van der Waals surface area contributed by atoms with Gasteiger partial charge < -0.3 is 10.2 Å². The van der Waals surface area contributed by atoms with Crippen molar-refractivity contribution in [1.82, 2.24) is 10.3 Å². The van der Waals surface area contributed by atoms with Crippen LogP contribution in [-0.4, -0.2) is 34.6 Å². The highest BCUT2D eigenvalue weighted by molar-refractivity contribution is 8.00. The van der Waals surface area contributed by atoms with Crippen LogP contribution in [0.1, 0.15) is 56.0 Å². The second kappa shape index (κ2) is 5.43. The van der Waals surface area contributed by atoms with Gasteiger partial charge in [-0.05, 0) is 39.5 Å². The van der Waals surface area contributed by atoms with E-state index >= 15 is 0 Å². The van der Waals surface area contributed by atoms with Crippen molar-refractivity contribution in [2.24, 2.45) is 0 Å². The molecule has 3 fully saturated rings. The van der Waals surface area contributed by atoms with Gasteiger partial charge in [-0.1, -0.05) is 0 Å². The molecule has 0 atom stereocenters. The first-order valence-corrected chi connectivity index (χ1v) is 10.0. The Morgan fingerprint density at radius 2 is 2.10 bits per heavy atom. The maximum atomic E-state index is 5.05. The highest BCUT2D eigenvalue weighted by Gasteiger charge is 2.33. The summed E-state index contributed by atoms with van der Waals surface area (Å²) >= 11 is 4.04. The number of nitrogens with one attached hydrogen (secondary N) is 1. The van der Waals surface area contributed by atoms with Gasteiger partial charge in [-0.2, -0.15) is 11.8 Å². The number of thiazole rings is 1. The predicted octanol–water partition coefficient (Wildman–Crippen LogP) is 3.60. The quantitative estimate of drug-likeness (QED) is 0.896. The molecule has 1 aromatic heterocycles. The van der Waals surface area contributed by atoms with Gasteiger partial charge in [0.2, 0.25) is 0 Å². The van der Waals surface area contributed by atoms with Crippen LogP contribution in [0.3, 0.4) is 0 Å². The van der Waals surface area contributed by atoms with Crippen molar-refractivity contribution >= 4 is 28.2 Å². The zero-order chi connectivity index (χ0) is 14.4. The summed E-state index contributed by atoms with van der Waals surface area (Å²) < 4.78 is 0.357. The lowest BCUT2D eigenvalue weighted by Crippen LogP contribution is -2.43. The van der Waals surface area contributed by atoms with Crippen LogP contribution in [0.25, 0.3) is 0 Å². The lowest BCUT2D eigenvalue weighted by molar-refractivity contribution is 0.645. The molecule has 0 bridgehead atoms. The van der Waals surface area contributed by atoms with Crippen molar-refractivity contribution in [3.63, 3.8) is 0 Å². The molecule has 1 N–H and O–H groups in total. The summed E-state index contributed by atoms with van der Waals surface area (Å²) in [5, 5.41) is 4.95. The molecule has 116 valence electrons. The van der Waals surface area contributed by atoms with Gasteiger partial charge in [0.25, 0.3) is 0 Å². The molecular weight excluding hydrogens is 298 g/mol. The lowest BCUT2D eigenvalue weighted by Gasteiger charge is -2.37. The number of nitrogens with zero attached hydrogens (tertiary/aromatic N) is 2. The number of thioether (sulfide) groups is 1. The monoisotopic (exact) mass is 323 g/mol. The minimum absolute atomic E-state index is 0.357. The van der Waals surface area contributed by atoms with Crippen LogP contribution in [0.15, 0.2) is 0 Å². The smallest absolute Gasteiger partial charge is 0.185 e. The zero-order valence-corrected chi connectivity index (χ0v) is 14.7. The lowest BCUT2D eigenvalue weighted by atomic mass is 10.2. The molecule has 2 saturated carbocycles. The fourth-order valence-electron chi connectivity index (χ4n) is 2.99. The summed E-state index contributed by atoms with van der Waals surface area (Å²) in [4.78, 5) is 9.09. The Balaban J connectivity index is 1.52. The van der Waals surface area contributed by atoms with Crippen LogP contribution in [-0.2, 0) is 6.54 Å². The van der Waals surface area contributed by atoms with Crippen molar-refractivity contribution in [3.8, 4) is 0 Å². The van der Waals surface area contributed by atoms with Crippen molar-refractivity contribution in [2.75, 3.05) is 23.7 Å². The first-order chi connectivity index (χ1) is 10.1. The third-order valence-corrected chi connectivity index (χ3v) is 6.93. The molecule has 2 aliphatic carbocycles. The Bertz CT molecular complexity index is 518. The Labute approximate surface area is 135 Å². The number of hydrogen-bond donors (Lipinski definition) is 1. The normalized spacial score (nSPS) is 25.3. The highest BCUT2D eigenvalue weighted by Crippen LogP contribution is 2.45. The van der Waals surface area contributed by atoms with E-state index in [4.69, 9.17) is 4.98 Å². The summed E-state index contributed by atoms with van der Waals surface area (Å²) in [6.45, 7) is 8.04. The second-order valence-corrected chi connectivity index (χ2v) is 10.1. The van der Waals surface area contributed by atoms with Crippen LogP contribution >= 0.6 is 23.1 Å². The molecule has 3 nitrogen and oxygen atoms in total. The highest BCUT2D eigenvalue weighted by atomic mass is 32.2. The first kappa shape index (κ1) is 14.3. The SMILES string of the molecule is CC1(C)CN(c2nc(C3CC3)c(CNC3CC3)s2)CCS1. The standard InChI is InChI=1S/C16H25N3S2/c1-16(2)10-19(7-8-20-16)15-18-14(11-3-4-11)13(21-15)9-17-12-5-6-12/h11-12,17H,3-10H2,1-2H3. The van der Waals surface area contributed by atoms with Crippen LogP contribution < -0.4 is 10.2 Å². The molecule has 1 aromatic rings. The molecule has 3 aliphatic rings. The minimum Gasteiger partial charge on any atom is -0.346 e. The fraction of sp³-hybridized carbons (Fsp3) is 0.812. The summed E-state index contributed by atoms with van der Waals surface area (Å²) in [6, 6.07) is 0.785. The molecule has 0 amide bonds. The maximum absolute atomic E-state index is 5.05. The van der Waals surface area contributed by atoms with Crippen LogP contribution in [0.2, 0.25) is 0 Å². The second-order valence-electron chi connectivity index (χ2n) is 7.26. The zero-order valence-electron chi connectivity index (χ0n) is 13.0. The number of aromatic nitrogens is 1. The molecule has 1 saturated heterocycles. The summed E-state index contributed by atoms with van der Waals surface area (Å²) in [5.41, 5.74) is 1.42. The molecule has 4 rings (SSSR count). The molecular formula is C16H25N3S2. The van der Waals surface area contributed by atoms with Gasteiger partial charge in [-0.3, -0.25) is 0 Å². The number of rotatable bonds is 5. The molecule has 0 spiro atoms. The first-order valence-electron chi connectivity index (χ1n) is 8.23. The van der Waals surface area contributed by atoms with Crippen LogP contribution in [0, 0.1) is 0 Å². The Hall–Kier alpha value is -0.260. The van der Waals surface area contributed by atoms with E-state index in [1.807, 2.05) is 11.3 Å². The molecule has 0 aromatic carbocycles. The van der Waals surface area contributed by atoms with Gasteiger partial charge in [0.1, 0.15) is 0 Å². The average molecular weight is 324 g/mol.